The second-order valence-electron chi connectivity index (χ2n) is 16.9. The molecule has 0 spiro atoms. The summed E-state index contributed by atoms with van der Waals surface area (Å²) in [7, 11) is -4.76. The summed E-state index contributed by atoms with van der Waals surface area (Å²) in [6.45, 7) is 4.26. The number of carbonyl (C=O) groups excluding carboxylic acids is 3. The molecular formula is C56H93O11P. The maximum Gasteiger partial charge on any atom is 0.472 e. The first-order valence-corrected chi connectivity index (χ1v) is 27.6. The molecule has 0 aliphatic carbocycles. The average Bonchev–Trinajstić information content (AvgIpc) is 3.32. The van der Waals surface area contributed by atoms with Crippen LogP contribution in [0.15, 0.2) is 97.2 Å². The molecule has 0 aromatic carbocycles. The molecule has 388 valence electrons. The highest BCUT2D eigenvalue weighted by molar-refractivity contribution is 7.47. The van der Waals surface area contributed by atoms with Gasteiger partial charge >= 0.3 is 25.7 Å². The first kappa shape index (κ1) is 64.4. The molecule has 0 aromatic heterocycles. The Balaban J connectivity index is 4.82. The third kappa shape index (κ3) is 47.5. The van der Waals surface area contributed by atoms with Crippen molar-refractivity contribution in [3.8, 4) is 0 Å². The van der Waals surface area contributed by atoms with Gasteiger partial charge in [0.1, 0.15) is 12.7 Å². The molecule has 0 saturated carbocycles. The molecule has 2 N–H and O–H groups in total. The number of allylic oxidation sites excluding steroid dienone is 16. The van der Waals surface area contributed by atoms with Crippen LogP contribution in [0.4, 0.5) is 0 Å². The predicted molar refractivity (Wildman–Crippen MR) is 279 cm³/mol. The molecule has 0 amide bonds. The van der Waals surface area contributed by atoms with Gasteiger partial charge in [0.15, 0.2) is 6.10 Å². The van der Waals surface area contributed by atoms with Crippen LogP contribution in [0.3, 0.4) is 0 Å². The zero-order chi connectivity index (χ0) is 49.9. The zero-order valence-electron chi connectivity index (χ0n) is 42.5. The fourth-order valence-electron chi connectivity index (χ4n) is 6.59. The quantitative estimate of drug-likeness (QED) is 0.0197. The first-order valence-electron chi connectivity index (χ1n) is 26.1. The van der Waals surface area contributed by atoms with Crippen molar-refractivity contribution in [3.63, 3.8) is 0 Å². The Morgan fingerprint density at radius 1 is 0.426 bits per heavy atom. The standard InChI is InChI=1S/C56H93O11P/c1-4-7-10-13-16-19-21-23-24-25-26-27-28-30-31-34-36-39-42-45-54(58)63-49-53(67-56(60)47-44-41-38-35-32-29-22-20-17-14-11-8-5-2)51-65-68(61,62)64-50-52(48-57)66-55(59)46-43-40-37-33-18-15-12-9-6-3/h7-8,10-11,16-17,19-20,23-24,26-27,29,32,38,41,52-53,57H,4-6,9,12-15,18,21-22,25,28,30-31,33-37,39-40,42-51H2,1-3H3,(H,61,62)/b10-7-,11-8-,19-16-,20-17-,24-23-,27-26-,32-29-,41-38-. The van der Waals surface area contributed by atoms with E-state index in [1.165, 1.54) is 32.1 Å². The molecule has 0 fully saturated rings. The summed E-state index contributed by atoms with van der Waals surface area (Å²) in [5.41, 5.74) is 0. The molecule has 3 unspecified atom stereocenters. The SMILES string of the molecule is CC/C=C\C/C=C\C/C=C\C/C=C\CCCCCCCCC(=O)OCC(COP(=O)(O)OCC(CO)OC(=O)CCCCCCCCCCC)OC(=O)CC/C=C\C/C=C\C/C=C\C/C=C\CC. The lowest BCUT2D eigenvalue weighted by Crippen LogP contribution is -2.30. The van der Waals surface area contributed by atoms with E-state index < -0.39 is 57.8 Å². The highest BCUT2D eigenvalue weighted by Crippen LogP contribution is 2.43. The Morgan fingerprint density at radius 3 is 1.26 bits per heavy atom. The number of hydrogen-bond donors (Lipinski definition) is 2. The molecule has 3 atom stereocenters. The maximum absolute atomic E-state index is 12.8. The highest BCUT2D eigenvalue weighted by Gasteiger charge is 2.28. The average molecular weight is 973 g/mol. The van der Waals surface area contributed by atoms with Gasteiger partial charge in [0, 0.05) is 19.3 Å². The number of phosphoric ester groups is 1. The lowest BCUT2D eigenvalue weighted by Gasteiger charge is -2.21. The smallest absolute Gasteiger partial charge is 0.462 e. The van der Waals surface area contributed by atoms with Gasteiger partial charge in [-0.2, -0.15) is 0 Å². The van der Waals surface area contributed by atoms with E-state index in [-0.39, 0.29) is 25.9 Å². The lowest BCUT2D eigenvalue weighted by molar-refractivity contribution is -0.161. The topological polar surface area (TPSA) is 155 Å². The summed E-state index contributed by atoms with van der Waals surface area (Å²) in [5.74, 6) is -1.59. The van der Waals surface area contributed by atoms with E-state index in [2.05, 4.69) is 106 Å². The van der Waals surface area contributed by atoms with E-state index in [0.717, 1.165) is 109 Å². The molecule has 68 heavy (non-hydrogen) atoms. The van der Waals surface area contributed by atoms with Gasteiger partial charge in [0.2, 0.25) is 0 Å². The van der Waals surface area contributed by atoms with Crippen LogP contribution in [-0.2, 0) is 42.2 Å². The first-order chi connectivity index (χ1) is 33.2. The third-order valence-electron chi connectivity index (χ3n) is 10.5. The van der Waals surface area contributed by atoms with Crippen molar-refractivity contribution in [2.24, 2.45) is 0 Å². The molecule has 0 aliphatic heterocycles. The van der Waals surface area contributed by atoms with Crippen LogP contribution in [0.2, 0.25) is 0 Å². The zero-order valence-corrected chi connectivity index (χ0v) is 43.4. The van der Waals surface area contributed by atoms with Crippen LogP contribution in [0.1, 0.15) is 201 Å². The van der Waals surface area contributed by atoms with Gasteiger partial charge in [-0.25, -0.2) is 4.57 Å². The molecule has 11 nitrogen and oxygen atoms in total. The molecule has 0 bridgehead atoms. The van der Waals surface area contributed by atoms with Crippen molar-refractivity contribution in [2.45, 2.75) is 213 Å². The lowest BCUT2D eigenvalue weighted by atomic mass is 10.1. The molecular weight excluding hydrogens is 880 g/mol. The van der Waals surface area contributed by atoms with Gasteiger partial charge in [-0.05, 0) is 83.5 Å². The molecule has 0 saturated heterocycles. The second-order valence-corrected chi connectivity index (χ2v) is 18.4. The van der Waals surface area contributed by atoms with Crippen molar-refractivity contribution in [1.82, 2.24) is 0 Å². The Morgan fingerprint density at radius 2 is 0.794 bits per heavy atom. The van der Waals surface area contributed by atoms with Crippen molar-refractivity contribution < 1.29 is 52.2 Å². The number of carbonyl (C=O) groups is 3. The van der Waals surface area contributed by atoms with Crippen molar-refractivity contribution >= 4 is 25.7 Å². The molecule has 12 heteroatoms. The molecule has 0 aliphatic rings. The number of hydrogen-bond acceptors (Lipinski definition) is 10. The van der Waals surface area contributed by atoms with Gasteiger partial charge in [0.05, 0.1) is 19.8 Å². The van der Waals surface area contributed by atoms with Crippen LogP contribution in [0.5, 0.6) is 0 Å². The number of unbranched alkanes of at least 4 members (excludes halogenated alkanes) is 14. The van der Waals surface area contributed by atoms with Gasteiger partial charge in [-0.1, -0.05) is 195 Å². The number of ether oxygens (including phenoxy) is 3. The van der Waals surface area contributed by atoms with E-state index >= 15 is 0 Å². The van der Waals surface area contributed by atoms with Crippen molar-refractivity contribution in [2.75, 3.05) is 26.4 Å². The normalized spacial score (nSPS) is 14.2. The Hall–Kier alpha value is -3.60. The van der Waals surface area contributed by atoms with Crippen LogP contribution >= 0.6 is 7.82 Å². The number of esters is 3. The highest BCUT2D eigenvalue weighted by atomic mass is 31.2. The predicted octanol–water partition coefficient (Wildman–Crippen LogP) is 14.9. The second kappa shape index (κ2) is 49.8. The van der Waals surface area contributed by atoms with Crippen LogP contribution in [-0.4, -0.2) is 66.5 Å². The monoisotopic (exact) mass is 973 g/mol. The molecule has 0 rings (SSSR count). The molecule has 0 aromatic rings. The van der Waals surface area contributed by atoms with Crippen LogP contribution < -0.4 is 0 Å². The van der Waals surface area contributed by atoms with Gasteiger partial charge < -0.3 is 24.2 Å². The van der Waals surface area contributed by atoms with Crippen molar-refractivity contribution in [3.05, 3.63) is 97.2 Å². The Bertz CT molecular complexity index is 1510. The Labute approximate surface area is 412 Å². The number of rotatable bonds is 47. The minimum Gasteiger partial charge on any atom is -0.462 e. The summed E-state index contributed by atoms with van der Waals surface area (Å²) >= 11 is 0. The number of phosphoric acid groups is 1. The van der Waals surface area contributed by atoms with E-state index in [4.69, 9.17) is 23.3 Å². The summed E-state index contributed by atoms with van der Waals surface area (Å²) in [6.07, 6.45) is 56.9. The van der Waals surface area contributed by atoms with E-state index in [1.54, 1.807) is 0 Å². The molecule has 0 heterocycles. The minimum atomic E-state index is -4.76. The summed E-state index contributed by atoms with van der Waals surface area (Å²) in [5, 5.41) is 9.74. The largest absolute Gasteiger partial charge is 0.472 e. The maximum atomic E-state index is 12.8. The Kier molecular flexibility index (Phi) is 47.2. The minimum absolute atomic E-state index is 0.0397. The van der Waals surface area contributed by atoms with Crippen molar-refractivity contribution in [1.29, 1.82) is 0 Å². The van der Waals surface area contributed by atoms with Crippen LogP contribution in [0.25, 0.3) is 0 Å². The fraction of sp³-hybridized carbons (Fsp3) is 0.661. The fourth-order valence-corrected chi connectivity index (χ4v) is 7.38. The van der Waals surface area contributed by atoms with Crippen LogP contribution in [0, 0.1) is 0 Å². The number of aliphatic hydroxyl groups is 1. The third-order valence-corrected chi connectivity index (χ3v) is 11.5. The summed E-state index contributed by atoms with van der Waals surface area (Å²) in [6, 6.07) is 0. The van der Waals surface area contributed by atoms with Gasteiger partial charge in [0.25, 0.3) is 0 Å². The van der Waals surface area contributed by atoms with E-state index in [0.29, 0.717) is 19.3 Å². The van der Waals surface area contributed by atoms with E-state index in [9.17, 15) is 28.9 Å². The van der Waals surface area contributed by atoms with E-state index in [1.807, 2.05) is 12.2 Å². The summed E-state index contributed by atoms with van der Waals surface area (Å²) in [4.78, 5) is 48.2. The number of aliphatic hydroxyl groups excluding tert-OH is 1. The molecule has 0 radical (unpaired) electrons. The summed E-state index contributed by atoms with van der Waals surface area (Å²) < 4.78 is 39.2. The van der Waals surface area contributed by atoms with Gasteiger partial charge in [-0.3, -0.25) is 23.4 Å². The van der Waals surface area contributed by atoms with Gasteiger partial charge in [-0.15, -0.1) is 0 Å².